The van der Waals surface area contributed by atoms with Crippen LogP contribution >= 0.6 is 0 Å². The molecule has 2 N–H and O–H groups in total. The van der Waals surface area contributed by atoms with Crippen molar-refractivity contribution in [1.29, 1.82) is 0 Å². The molecule has 0 bridgehead atoms. The Balaban J connectivity index is 0.000000910. The summed E-state index contributed by atoms with van der Waals surface area (Å²) in [6.45, 7) is 10.5. The van der Waals surface area contributed by atoms with Gasteiger partial charge in [0.05, 0.1) is 12.6 Å². The first-order chi connectivity index (χ1) is 13.0. The summed E-state index contributed by atoms with van der Waals surface area (Å²) in [5.74, 6) is 5.28. The summed E-state index contributed by atoms with van der Waals surface area (Å²) in [4.78, 5) is 36.3. The molecule has 28 heavy (non-hydrogen) atoms. The molecule has 0 radical (unpaired) electrons. The molecule has 1 unspecified atom stereocenters. The average Bonchev–Trinajstić information content (AvgIpc) is 2.99. The average molecular weight is 608 g/mol. The van der Waals surface area contributed by atoms with Gasteiger partial charge in [-0.05, 0) is 25.0 Å². The Kier molecular flexibility index (Phi) is 13.6. The summed E-state index contributed by atoms with van der Waals surface area (Å²) >= 11 is 0. The summed E-state index contributed by atoms with van der Waals surface area (Å²) in [6.07, 6.45) is 1.38. The van der Waals surface area contributed by atoms with Crippen LogP contribution in [0.5, 0.6) is 0 Å². The van der Waals surface area contributed by atoms with Crippen LogP contribution in [0.4, 0.5) is 0 Å². The van der Waals surface area contributed by atoms with E-state index in [2.05, 4.69) is 25.7 Å². The molecule has 1 aliphatic heterocycles. The largest absolute Gasteiger partial charge is 2.00 e. The third-order valence-corrected chi connectivity index (χ3v) is 3.97. The number of nitrogens with two attached hydrogens (primary N) is 1. The van der Waals surface area contributed by atoms with E-state index in [1.807, 2.05) is 6.07 Å². The van der Waals surface area contributed by atoms with Crippen molar-refractivity contribution in [3.8, 4) is 11.8 Å². The first kappa shape index (κ1) is 26.4. The number of carbonyl (C=O) groups is 3. The molecule has 0 fully saturated rings. The predicted molar refractivity (Wildman–Crippen MR) is 104 cm³/mol. The molecule has 1 aromatic rings. The molecule has 6 nitrogen and oxygen atoms in total. The van der Waals surface area contributed by atoms with Crippen molar-refractivity contribution in [3.05, 3.63) is 48.7 Å². The number of aldehydes is 1. The fourth-order valence-corrected chi connectivity index (χ4v) is 2.67. The maximum absolute atomic E-state index is 12.4. The fraction of sp³-hybridized carbons (Fsp3) is 0.381. The molecule has 1 atom stereocenters. The van der Waals surface area contributed by atoms with Crippen molar-refractivity contribution in [1.82, 2.24) is 4.90 Å². The number of nitrogens with zero attached hydrogens (tertiary/aromatic N) is 1. The van der Waals surface area contributed by atoms with Crippen LogP contribution < -0.4 is 5.73 Å². The minimum atomic E-state index is -0.575. The number of amides is 1. The van der Waals surface area contributed by atoms with Crippen LogP contribution in [-0.2, 0) is 20.9 Å². The van der Waals surface area contributed by atoms with E-state index in [1.54, 1.807) is 12.1 Å². The first-order valence-electron chi connectivity index (χ1n) is 8.72. The van der Waals surface area contributed by atoms with Crippen molar-refractivity contribution in [2.24, 2.45) is 5.73 Å². The Bertz CT molecular complexity index is 721. The van der Waals surface area contributed by atoms with E-state index in [0.29, 0.717) is 38.3 Å². The van der Waals surface area contributed by atoms with Crippen LogP contribution in [0.3, 0.4) is 0 Å². The zero-order valence-electron chi connectivity index (χ0n) is 16.2. The van der Waals surface area contributed by atoms with Gasteiger partial charge in [-0.3, -0.25) is 16.6 Å². The summed E-state index contributed by atoms with van der Waals surface area (Å²) in [5.41, 5.74) is 7.22. The van der Waals surface area contributed by atoms with Crippen LogP contribution in [0.2, 0.25) is 0 Å². The van der Waals surface area contributed by atoms with E-state index < -0.39 is 6.04 Å². The van der Waals surface area contributed by atoms with E-state index in [4.69, 9.17) is 10.5 Å². The summed E-state index contributed by atoms with van der Waals surface area (Å²) in [7, 11) is 0. The number of ketones is 1. The van der Waals surface area contributed by atoms with Gasteiger partial charge in [0, 0.05) is 25.1 Å². The van der Waals surface area contributed by atoms with Gasteiger partial charge in [0.25, 0.3) is 5.91 Å². The molecule has 148 valence electrons. The van der Waals surface area contributed by atoms with Crippen molar-refractivity contribution in [2.75, 3.05) is 19.8 Å². The van der Waals surface area contributed by atoms with Crippen molar-refractivity contribution >= 4 is 18.0 Å². The smallest absolute Gasteiger partial charge is 0.412 e. The summed E-state index contributed by atoms with van der Waals surface area (Å²) in [6, 6.07) is 4.76. The summed E-state index contributed by atoms with van der Waals surface area (Å²) in [5, 5.41) is 0. The van der Waals surface area contributed by atoms with Gasteiger partial charge in [-0.1, -0.05) is 24.3 Å². The molecule has 1 heterocycles. The van der Waals surface area contributed by atoms with E-state index in [1.165, 1.54) is 11.8 Å². The van der Waals surface area contributed by atoms with Crippen LogP contribution in [0, 0.1) is 56.8 Å². The number of hydrogen-bond donors (Lipinski definition) is 1. The number of rotatable bonds is 8. The number of hydrogen-bond acceptors (Lipinski definition) is 5. The van der Waals surface area contributed by atoms with E-state index in [0.717, 1.165) is 17.4 Å². The third-order valence-electron chi connectivity index (χ3n) is 3.97. The van der Waals surface area contributed by atoms with Gasteiger partial charge in [0.15, 0.2) is 0 Å². The second kappa shape index (κ2) is 14.4. The van der Waals surface area contributed by atoms with Gasteiger partial charge >= 0.3 is 31.1 Å². The number of carbonyl (C=O) groups excluding carboxylic acids is 3. The van der Waals surface area contributed by atoms with E-state index in [9.17, 15) is 14.4 Å². The van der Waals surface area contributed by atoms with Crippen molar-refractivity contribution < 1.29 is 50.2 Å². The zero-order chi connectivity index (χ0) is 20.2. The maximum atomic E-state index is 12.4. The molecular formula is C21H26N2O4U. The minimum Gasteiger partial charge on any atom is -0.412 e. The van der Waals surface area contributed by atoms with Crippen LogP contribution in [-0.4, -0.2) is 48.7 Å². The molecule has 1 amide bonds. The number of ether oxygens (including phenoxy) is 1. The predicted octanol–water partition coefficient (Wildman–Crippen LogP) is 1.56. The van der Waals surface area contributed by atoms with Gasteiger partial charge in [0.2, 0.25) is 0 Å². The second-order valence-electron chi connectivity index (χ2n) is 5.91. The molecule has 0 saturated carbocycles. The van der Waals surface area contributed by atoms with E-state index in [-0.39, 0.29) is 49.2 Å². The third kappa shape index (κ3) is 7.81. The number of Topliss-reactive ketones (excluding diaryl/α,β-unsaturated/α-hetero) is 1. The van der Waals surface area contributed by atoms with Gasteiger partial charge in [-0.2, -0.15) is 6.92 Å². The van der Waals surface area contributed by atoms with Gasteiger partial charge in [0.1, 0.15) is 12.1 Å². The Labute approximate surface area is 190 Å². The maximum Gasteiger partial charge on any atom is 2.00 e. The Hall–Kier alpha value is -1.57. The normalized spacial score (nSPS) is 12.5. The fourth-order valence-electron chi connectivity index (χ4n) is 2.67. The standard InChI is InChI=1S/C17H16NO3.C4H10NO.U/c1-3-5-13-6-4-7-15-16(13)10-18(17(15)21)14(11-19)9-8-12(2)20;1-2-6-4-3-5;/h4,6-7,11,14H,1,8-10H2,2H3;1-5H2;/q2*-1;+2. The Morgan fingerprint density at radius 1 is 1.46 bits per heavy atom. The molecule has 2 rings (SSSR count). The Morgan fingerprint density at radius 2 is 2.18 bits per heavy atom. The van der Waals surface area contributed by atoms with Gasteiger partial charge < -0.3 is 31.9 Å². The van der Waals surface area contributed by atoms with Crippen molar-refractivity contribution in [2.45, 2.75) is 32.4 Å². The number of fused-ring (bicyclic) bond motifs is 1. The molecule has 0 saturated heterocycles. The molecular weight excluding hydrogens is 582 g/mol. The quantitative estimate of drug-likeness (QED) is 0.210. The topological polar surface area (TPSA) is 89.7 Å². The SMILES string of the molecule is [CH2-]C#Cc1cccc2c1CN(C(C=O)CCC(C)=O)C2=O.[CH2-]COCCN.[U+2]. The monoisotopic (exact) mass is 608 g/mol. The van der Waals surface area contributed by atoms with Crippen LogP contribution in [0.15, 0.2) is 18.2 Å². The molecule has 1 aliphatic rings. The zero-order valence-corrected chi connectivity index (χ0v) is 20.4. The molecule has 0 spiro atoms. The molecule has 7 heteroatoms. The van der Waals surface area contributed by atoms with Gasteiger partial charge in [-0.15, -0.1) is 0 Å². The molecule has 1 aromatic carbocycles. The van der Waals surface area contributed by atoms with Crippen LogP contribution in [0.1, 0.15) is 41.3 Å². The minimum absolute atomic E-state index is 0. The van der Waals surface area contributed by atoms with Crippen LogP contribution in [0.25, 0.3) is 0 Å². The Morgan fingerprint density at radius 3 is 2.68 bits per heavy atom. The molecule has 0 aliphatic carbocycles. The number of benzene rings is 1. The first-order valence-corrected chi connectivity index (χ1v) is 8.72. The van der Waals surface area contributed by atoms with Gasteiger partial charge in [-0.25, -0.2) is 0 Å². The van der Waals surface area contributed by atoms with E-state index >= 15 is 0 Å². The second-order valence-corrected chi connectivity index (χ2v) is 5.91. The molecule has 0 aromatic heterocycles. The summed E-state index contributed by atoms with van der Waals surface area (Å²) < 4.78 is 4.75. The van der Waals surface area contributed by atoms with Crippen molar-refractivity contribution in [3.63, 3.8) is 0 Å².